The van der Waals surface area contributed by atoms with Crippen LogP contribution < -0.4 is 19.1 Å². The fourth-order valence-corrected chi connectivity index (χ4v) is 5.52. The molecule has 0 bridgehead atoms. The molecular weight excluding hydrogens is 524 g/mol. The van der Waals surface area contributed by atoms with Crippen LogP contribution in [0.25, 0.3) is 10.6 Å². The first kappa shape index (κ1) is 25.4. The van der Waals surface area contributed by atoms with Gasteiger partial charge in [-0.2, -0.15) is 0 Å². The van der Waals surface area contributed by atoms with Crippen LogP contribution in [-0.4, -0.2) is 45.3 Å². The molecule has 0 aliphatic heterocycles. The molecule has 4 aromatic rings. The Morgan fingerprint density at radius 3 is 2.08 bits per heavy atom. The Kier molecular flexibility index (Phi) is 7.73. The zero-order chi connectivity index (χ0) is 25.7. The van der Waals surface area contributed by atoms with Crippen LogP contribution in [0, 0.1) is 0 Å². The predicted molar refractivity (Wildman–Crippen MR) is 140 cm³/mol. The molecule has 36 heavy (non-hydrogen) atoms. The normalized spacial score (nSPS) is 11.1. The van der Waals surface area contributed by atoms with Gasteiger partial charge in [-0.1, -0.05) is 22.9 Å². The minimum absolute atomic E-state index is 0.00348. The average Bonchev–Trinajstić information content (AvgIpc) is 3.36. The van der Waals surface area contributed by atoms with Gasteiger partial charge in [0.25, 0.3) is 10.0 Å². The number of carbonyl (C=O) groups is 1. The Bertz CT molecular complexity index is 1440. The van der Waals surface area contributed by atoms with E-state index in [1.54, 1.807) is 31.4 Å². The molecule has 0 atom stereocenters. The third-order valence-corrected chi connectivity index (χ3v) is 7.99. The van der Waals surface area contributed by atoms with Gasteiger partial charge >= 0.3 is 0 Å². The van der Waals surface area contributed by atoms with Gasteiger partial charge in [-0.05, 0) is 72.8 Å². The SMILES string of the molecule is COc1ccc(-c2nnc(NC(=O)CN(c3ccc(Cl)cc3)S(=O)(=O)c3ccc(OC)cc3)s2)cc1. The van der Waals surface area contributed by atoms with E-state index in [0.717, 1.165) is 9.87 Å². The highest BCUT2D eigenvalue weighted by Gasteiger charge is 2.28. The van der Waals surface area contributed by atoms with Crippen molar-refractivity contribution in [3.8, 4) is 22.1 Å². The topological polar surface area (TPSA) is 111 Å². The Labute approximate surface area is 217 Å². The first-order chi connectivity index (χ1) is 17.3. The highest BCUT2D eigenvalue weighted by atomic mass is 35.5. The molecule has 0 radical (unpaired) electrons. The number of carbonyl (C=O) groups excluding carboxylic acids is 1. The number of amides is 1. The molecule has 1 aromatic heterocycles. The minimum atomic E-state index is -4.09. The van der Waals surface area contributed by atoms with Crippen molar-refractivity contribution in [3.05, 3.63) is 77.8 Å². The molecule has 0 aliphatic carbocycles. The van der Waals surface area contributed by atoms with E-state index in [0.29, 0.717) is 21.5 Å². The van der Waals surface area contributed by atoms with Gasteiger partial charge in [-0.3, -0.25) is 14.4 Å². The molecule has 0 unspecified atom stereocenters. The van der Waals surface area contributed by atoms with Gasteiger partial charge < -0.3 is 9.47 Å². The number of nitrogens with one attached hydrogen (secondary N) is 1. The van der Waals surface area contributed by atoms with Crippen molar-refractivity contribution >= 4 is 49.7 Å². The molecule has 4 rings (SSSR count). The summed E-state index contributed by atoms with van der Waals surface area (Å²) in [7, 11) is -1.03. The van der Waals surface area contributed by atoms with Crippen molar-refractivity contribution in [2.24, 2.45) is 0 Å². The zero-order valence-electron chi connectivity index (χ0n) is 19.2. The van der Waals surface area contributed by atoms with Crippen molar-refractivity contribution in [1.82, 2.24) is 10.2 Å². The number of methoxy groups -OCH3 is 2. The lowest BCUT2D eigenvalue weighted by atomic mass is 10.2. The summed E-state index contributed by atoms with van der Waals surface area (Å²) in [5.74, 6) is 0.630. The number of aromatic nitrogens is 2. The third-order valence-electron chi connectivity index (χ3n) is 5.06. The smallest absolute Gasteiger partial charge is 0.264 e. The van der Waals surface area contributed by atoms with Crippen LogP contribution in [0.5, 0.6) is 11.5 Å². The van der Waals surface area contributed by atoms with Crippen LogP contribution in [0.4, 0.5) is 10.8 Å². The van der Waals surface area contributed by atoms with Crippen molar-refractivity contribution in [2.45, 2.75) is 4.90 Å². The first-order valence-corrected chi connectivity index (χ1v) is 13.1. The fourth-order valence-electron chi connectivity index (χ4n) is 3.21. The van der Waals surface area contributed by atoms with E-state index in [1.807, 2.05) is 12.1 Å². The molecular formula is C24H21ClN4O5S2. The largest absolute Gasteiger partial charge is 0.497 e. The molecule has 3 aromatic carbocycles. The number of ether oxygens (including phenoxy) is 2. The number of benzene rings is 3. The summed E-state index contributed by atoms with van der Waals surface area (Å²) in [5, 5.41) is 12.0. The summed E-state index contributed by atoms with van der Waals surface area (Å²) in [4.78, 5) is 12.9. The molecule has 1 N–H and O–H groups in total. The quantitative estimate of drug-likeness (QED) is 0.325. The average molecular weight is 545 g/mol. The molecule has 1 heterocycles. The maximum Gasteiger partial charge on any atom is 0.264 e. The number of anilines is 2. The third kappa shape index (κ3) is 5.76. The fraction of sp³-hybridized carbons (Fsp3) is 0.125. The molecule has 186 valence electrons. The van der Waals surface area contributed by atoms with Crippen LogP contribution in [0.3, 0.4) is 0 Å². The van der Waals surface area contributed by atoms with E-state index in [-0.39, 0.29) is 15.7 Å². The van der Waals surface area contributed by atoms with Crippen molar-refractivity contribution in [2.75, 3.05) is 30.4 Å². The van der Waals surface area contributed by atoms with E-state index in [9.17, 15) is 13.2 Å². The number of rotatable bonds is 9. The second kappa shape index (κ2) is 10.9. The highest BCUT2D eigenvalue weighted by molar-refractivity contribution is 7.92. The molecule has 9 nitrogen and oxygen atoms in total. The molecule has 1 amide bonds. The van der Waals surface area contributed by atoms with E-state index in [4.69, 9.17) is 21.1 Å². The van der Waals surface area contributed by atoms with Crippen molar-refractivity contribution in [3.63, 3.8) is 0 Å². The monoisotopic (exact) mass is 544 g/mol. The van der Waals surface area contributed by atoms with Gasteiger partial charge in [0.2, 0.25) is 11.0 Å². The molecule has 0 saturated carbocycles. The van der Waals surface area contributed by atoms with E-state index < -0.39 is 22.5 Å². The lowest BCUT2D eigenvalue weighted by molar-refractivity contribution is -0.114. The summed E-state index contributed by atoms with van der Waals surface area (Å²) < 4.78 is 38.2. The zero-order valence-corrected chi connectivity index (χ0v) is 21.6. The van der Waals surface area contributed by atoms with Gasteiger partial charge in [0, 0.05) is 10.6 Å². The van der Waals surface area contributed by atoms with Crippen LogP contribution in [0.15, 0.2) is 77.7 Å². The molecule has 0 spiro atoms. The molecule has 0 aliphatic rings. The first-order valence-electron chi connectivity index (χ1n) is 10.5. The van der Waals surface area contributed by atoms with Crippen LogP contribution >= 0.6 is 22.9 Å². The van der Waals surface area contributed by atoms with E-state index in [2.05, 4.69) is 15.5 Å². The number of halogens is 1. The van der Waals surface area contributed by atoms with E-state index in [1.165, 1.54) is 54.8 Å². The Morgan fingerprint density at radius 1 is 0.917 bits per heavy atom. The summed E-state index contributed by atoms with van der Waals surface area (Å²) >= 11 is 7.15. The second-order valence-electron chi connectivity index (χ2n) is 7.35. The van der Waals surface area contributed by atoms with Crippen LogP contribution in [0.1, 0.15) is 0 Å². The highest BCUT2D eigenvalue weighted by Crippen LogP contribution is 2.29. The molecule has 0 saturated heterocycles. The van der Waals surface area contributed by atoms with Gasteiger partial charge in [0.15, 0.2) is 0 Å². The molecule has 0 fully saturated rings. The molecule has 12 heteroatoms. The Hall–Kier alpha value is -3.67. The minimum Gasteiger partial charge on any atom is -0.497 e. The lowest BCUT2D eigenvalue weighted by Gasteiger charge is -2.24. The summed E-state index contributed by atoms with van der Waals surface area (Å²) in [5.41, 5.74) is 1.08. The maximum absolute atomic E-state index is 13.5. The second-order valence-corrected chi connectivity index (χ2v) is 10.6. The Balaban J connectivity index is 1.56. The van der Waals surface area contributed by atoms with Crippen molar-refractivity contribution < 1.29 is 22.7 Å². The van der Waals surface area contributed by atoms with Crippen molar-refractivity contribution in [1.29, 1.82) is 0 Å². The van der Waals surface area contributed by atoms with Gasteiger partial charge in [-0.25, -0.2) is 8.42 Å². The van der Waals surface area contributed by atoms with Crippen LogP contribution in [-0.2, 0) is 14.8 Å². The summed E-state index contributed by atoms with van der Waals surface area (Å²) in [6.07, 6.45) is 0. The maximum atomic E-state index is 13.5. The predicted octanol–water partition coefficient (Wildman–Crippen LogP) is 4.71. The number of sulfonamides is 1. The standard InChI is InChI=1S/C24H21ClN4O5S2/c1-33-19-9-3-16(4-10-19)23-27-28-24(35-23)26-22(30)15-29(18-7-5-17(25)6-8-18)36(31,32)21-13-11-20(34-2)12-14-21/h3-14H,15H2,1-2H3,(H,26,28,30). The van der Waals surface area contributed by atoms with Gasteiger partial charge in [-0.15, -0.1) is 10.2 Å². The summed E-state index contributed by atoms with van der Waals surface area (Å²) in [6.45, 7) is -0.493. The summed E-state index contributed by atoms with van der Waals surface area (Å²) in [6, 6.07) is 19.3. The van der Waals surface area contributed by atoms with Gasteiger partial charge in [0.05, 0.1) is 24.8 Å². The Morgan fingerprint density at radius 2 is 1.50 bits per heavy atom. The van der Waals surface area contributed by atoms with Gasteiger partial charge in [0.1, 0.15) is 23.1 Å². The lowest BCUT2D eigenvalue weighted by Crippen LogP contribution is -2.38. The van der Waals surface area contributed by atoms with Crippen LogP contribution in [0.2, 0.25) is 5.02 Å². The van der Waals surface area contributed by atoms with E-state index >= 15 is 0 Å². The number of hydrogen-bond donors (Lipinski definition) is 1. The number of nitrogens with zero attached hydrogens (tertiary/aromatic N) is 3. The number of hydrogen-bond acceptors (Lipinski definition) is 8.